The van der Waals surface area contributed by atoms with Crippen molar-refractivity contribution in [2.24, 2.45) is 0 Å². The molecule has 0 spiro atoms. The SMILES string of the molecule is Nc1ccc(-c2cc3ccccc3s2)s1. The van der Waals surface area contributed by atoms with Gasteiger partial charge >= 0.3 is 0 Å². The van der Waals surface area contributed by atoms with E-state index < -0.39 is 0 Å². The molecule has 0 atom stereocenters. The van der Waals surface area contributed by atoms with Crippen LogP contribution in [0.25, 0.3) is 19.8 Å². The van der Waals surface area contributed by atoms with Crippen LogP contribution in [0.15, 0.2) is 42.5 Å². The van der Waals surface area contributed by atoms with E-state index in [-0.39, 0.29) is 0 Å². The maximum Gasteiger partial charge on any atom is 0.0863 e. The van der Waals surface area contributed by atoms with E-state index in [9.17, 15) is 0 Å². The molecule has 0 radical (unpaired) electrons. The third-order valence-electron chi connectivity index (χ3n) is 2.30. The molecule has 0 unspecified atom stereocenters. The molecule has 2 N–H and O–H groups in total. The van der Waals surface area contributed by atoms with Crippen molar-refractivity contribution >= 4 is 37.8 Å². The second kappa shape index (κ2) is 3.36. The van der Waals surface area contributed by atoms with Crippen molar-refractivity contribution in [2.45, 2.75) is 0 Å². The number of hydrogen-bond acceptors (Lipinski definition) is 3. The summed E-state index contributed by atoms with van der Waals surface area (Å²) < 4.78 is 1.33. The first-order valence-corrected chi connectivity index (χ1v) is 6.30. The highest BCUT2D eigenvalue weighted by atomic mass is 32.1. The molecule has 3 rings (SSSR count). The van der Waals surface area contributed by atoms with Crippen LogP contribution in [0.1, 0.15) is 0 Å². The standard InChI is InChI=1S/C12H9NS2/c13-12-6-5-10(15-12)11-7-8-3-1-2-4-9(8)14-11/h1-7H,13H2. The number of fused-ring (bicyclic) bond motifs is 1. The molecule has 2 heterocycles. The van der Waals surface area contributed by atoms with Crippen molar-refractivity contribution in [1.29, 1.82) is 0 Å². The number of thiophene rings is 2. The lowest BCUT2D eigenvalue weighted by Gasteiger charge is -1.86. The van der Waals surface area contributed by atoms with Gasteiger partial charge in [0.25, 0.3) is 0 Å². The Balaban J connectivity index is 2.19. The minimum Gasteiger partial charge on any atom is -0.391 e. The second-order valence-electron chi connectivity index (χ2n) is 3.35. The van der Waals surface area contributed by atoms with Crippen LogP contribution in [0.4, 0.5) is 5.00 Å². The first kappa shape index (κ1) is 8.95. The Hall–Kier alpha value is -1.32. The Morgan fingerprint density at radius 2 is 1.73 bits per heavy atom. The van der Waals surface area contributed by atoms with Gasteiger partial charge in [0, 0.05) is 14.5 Å². The largest absolute Gasteiger partial charge is 0.391 e. The number of rotatable bonds is 1. The Labute approximate surface area is 95.8 Å². The smallest absolute Gasteiger partial charge is 0.0863 e. The maximum atomic E-state index is 5.73. The molecule has 0 saturated heterocycles. The Morgan fingerprint density at radius 3 is 2.47 bits per heavy atom. The highest BCUT2D eigenvalue weighted by Gasteiger charge is 2.05. The van der Waals surface area contributed by atoms with Gasteiger partial charge < -0.3 is 5.73 Å². The fraction of sp³-hybridized carbons (Fsp3) is 0. The summed E-state index contributed by atoms with van der Waals surface area (Å²) >= 11 is 3.46. The van der Waals surface area contributed by atoms with Crippen LogP contribution in [0, 0.1) is 0 Å². The zero-order valence-electron chi connectivity index (χ0n) is 7.94. The molecule has 0 aliphatic rings. The molecule has 0 saturated carbocycles. The van der Waals surface area contributed by atoms with Gasteiger partial charge in [0.1, 0.15) is 0 Å². The summed E-state index contributed by atoms with van der Waals surface area (Å²) in [6.45, 7) is 0. The molecule has 2 aromatic heterocycles. The minimum atomic E-state index is 0.877. The first-order chi connectivity index (χ1) is 7.33. The van der Waals surface area contributed by atoms with Crippen molar-refractivity contribution in [3.63, 3.8) is 0 Å². The van der Waals surface area contributed by atoms with Crippen molar-refractivity contribution in [3.05, 3.63) is 42.5 Å². The third kappa shape index (κ3) is 1.54. The summed E-state index contributed by atoms with van der Waals surface area (Å²) in [6.07, 6.45) is 0. The minimum absolute atomic E-state index is 0.877. The highest BCUT2D eigenvalue weighted by molar-refractivity contribution is 7.27. The molecule has 3 aromatic rings. The normalized spacial score (nSPS) is 10.9. The topological polar surface area (TPSA) is 26.0 Å². The van der Waals surface area contributed by atoms with E-state index in [1.54, 1.807) is 11.3 Å². The van der Waals surface area contributed by atoms with Crippen LogP contribution in [-0.2, 0) is 0 Å². The molecule has 0 aliphatic heterocycles. The molecular formula is C12H9NS2. The molecular weight excluding hydrogens is 222 g/mol. The highest BCUT2D eigenvalue weighted by Crippen LogP contribution is 2.37. The molecule has 1 nitrogen and oxygen atoms in total. The third-order valence-corrected chi connectivity index (χ3v) is 4.52. The first-order valence-electron chi connectivity index (χ1n) is 4.67. The predicted molar refractivity (Wildman–Crippen MR) is 69.6 cm³/mol. The molecule has 74 valence electrons. The summed E-state index contributed by atoms with van der Waals surface area (Å²) in [7, 11) is 0. The van der Waals surface area contributed by atoms with Crippen LogP contribution in [-0.4, -0.2) is 0 Å². The van der Waals surface area contributed by atoms with Gasteiger partial charge in [-0.25, -0.2) is 0 Å². The summed E-state index contributed by atoms with van der Waals surface area (Å²) in [5.41, 5.74) is 5.73. The average Bonchev–Trinajstić information content (AvgIpc) is 2.82. The summed E-state index contributed by atoms with van der Waals surface area (Å²) in [5, 5.41) is 2.19. The lowest BCUT2D eigenvalue weighted by molar-refractivity contribution is 1.85. The Bertz CT molecular complexity index is 574. The zero-order valence-corrected chi connectivity index (χ0v) is 9.57. The zero-order chi connectivity index (χ0) is 10.3. The van der Waals surface area contributed by atoms with E-state index in [1.165, 1.54) is 19.8 Å². The van der Waals surface area contributed by atoms with Crippen LogP contribution in [0.2, 0.25) is 0 Å². The van der Waals surface area contributed by atoms with E-state index in [2.05, 4.69) is 36.4 Å². The fourth-order valence-electron chi connectivity index (χ4n) is 1.59. The summed E-state index contributed by atoms with van der Waals surface area (Å²) in [4.78, 5) is 2.56. The van der Waals surface area contributed by atoms with E-state index >= 15 is 0 Å². The molecule has 0 fully saturated rings. The number of hydrogen-bond donors (Lipinski definition) is 1. The molecule has 1 aromatic carbocycles. The van der Waals surface area contributed by atoms with Crippen LogP contribution in [0.5, 0.6) is 0 Å². The van der Waals surface area contributed by atoms with Gasteiger partial charge in [-0.15, -0.1) is 22.7 Å². The van der Waals surface area contributed by atoms with E-state index in [1.807, 2.05) is 17.4 Å². The Kier molecular flexibility index (Phi) is 2.01. The quantitative estimate of drug-likeness (QED) is 0.667. The van der Waals surface area contributed by atoms with Gasteiger partial charge in [-0.05, 0) is 29.7 Å². The van der Waals surface area contributed by atoms with E-state index in [4.69, 9.17) is 5.73 Å². The van der Waals surface area contributed by atoms with Crippen LogP contribution >= 0.6 is 22.7 Å². The lowest BCUT2D eigenvalue weighted by atomic mass is 10.2. The fourth-order valence-corrected chi connectivity index (χ4v) is 3.51. The van der Waals surface area contributed by atoms with Gasteiger partial charge in [-0.3, -0.25) is 0 Å². The van der Waals surface area contributed by atoms with Gasteiger partial charge in [0.2, 0.25) is 0 Å². The lowest BCUT2D eigenvalue weighted by Crippen LogP contribution is -1.72. The number of nitrogen functional groups attached to an aromatic ring is 1. The molecule has 0 bridgehead atoms. The van der Waals surface area contributed by atoms with Gasteiger partial charge in [-0.2, -0.15) is 0 Å². The molecule has 0 aliphatic carbocycles. The monoisotopic (exact) mass is 231 g/mol. The van der Waals surface area contributed by atoms with Gasteiger partial charge in [-0.1, -0.05) is 18.2 Å². The molecule has 3 heteroatoms. The van der Waals surface area contributed by atoms with Crippen molar-refractivity contribution in [3.8, 4) is 9.75 Å². The maximum absolute atomic E-state index is 5.73. The van der Waals surface area contributed by atoms with Crippen LogP contribution in [0.3, 0.4) is 0 Å². The van der Waals surface area contributed by atoms with E-state index in [0.717, 1.165) is 5.00 Å². The van der Waals surface area contributed by atoms with Crippen LogP contribution < -0.4 is 5.73 Å². The molecule has 15 heavy (non-hydrogen) atoms. The Morgan fingerprint density at radius 1 is 0.867 bits per heavy atom. The predicted octanol–water partition coefficient (Wildman–Crippen LogP) is 4.21. The number of anilines is 1. The van der Waals surface area contributed by atoms with Gasteiger partial charge in [0.15, 0.2) is 0 Å². The second-order valence-corrected chi connectivity index (χ2v) is 5.55. The van der Waals surface area contributed by atoms with Crippen molar-refractivity contribution < 1.29 is 0 Å². The molecule has 0 amide bonds. The average molecular weight is 231 g/mol. The number of nitrogens with two attached hydrogens (primary N) is 1. The van der Waals surface area contributed by atoms with Crippen molar-refractivity contribution in [1.82, 2.24) is 0 Å². The number of benzene rings is 1. The van der Waals surface area contributed by atoms with Gasteiger partial charge in [0.05, 0.1) is 5.00 Å². The summed E-state index contributed by atoms with van der Waals surface area (Å²) in [6, 6.07) is 14.7. The summed E-state index contributed by atoms with van der Waals surface area (Å²) in [5.74, 6) is 0. The van der Waals surface area contributed by atoms with Crippen molar-refractivity contribution in [2.75, 3.05) is 5.73 Å². The van der Waals surface area contributed by atoms with E-state index in [0.29, 0.717) is 0 Å².